The van der Waals surface area contributed by atoms with E-state index in [1.165, 1.54) is 0 Å². The van der Waals surface area contributed by atoms with Crippen LogP contribution in [0.1, 0.15) is 30.6 Å². The molecule has 29 heavy (non-hydrogen) atoms. The summed E-state index contributed by atoms with van der Waals surface area (Å²) in [7, 11) is 3.55. The molecule has 152 valence electrons. The average molecular weight is 394 g/mol. The third-order valence-electron chi connectivity index (χ3n) is 5.05. The van der Waals surface area contributed by atoms with E-state index in [1.807, 2.05) is 24.3 Å². The van der Waals surface area contributed by atoms with Gasteiger partial charge in [-0.05, 0) is 24.0 Å². The molecule has 0 bridgehead atoms. The third kappa shape index (κ3) is 3.61. The van der Waals surface area contributed by atoms with E-state index in [0.717, 1.165) is 24.1 Å². The quantitative estimate of drug-likeness (QED) is 0.411. The summed E-state index contributed by atoms with van der Waals surface area (Å²) < 4.78 is 0. The van der Waals surface area contributed by atoms with Crippen LogP contribution in [0.25, 0.3) is 11.0 Å². The van der Waals surface area contributed by atoms with Gasteiger partial charge in [-0.15, -0.1) is 0 Å². The van der Waals surface area contributed by atoms with Gasteiger partial charge in [0.05, 0.1) is 12.1 Å². The number of aliphatic hydroxyl groups is 1. The number of benzene rings is 1. The molecule has 0 saturated heterocycles. The second-order valence-corrected chi connectivity index (χ2v) is 7.01. The molecule has 0 spiro atoms. The molecule has 2 heterocycles. The lowest BCUT2D eigenvalue weighted by atomic mass is 10.1. The predicted molar refractivity (Wildman–Crippen MR) is 116 cm³/mol. The Morgan fingerprint density at radius 3 is 2.28 bits per heavy atom. The Hall–Kier alpha value is -3.20. The normalized spacial score (nSPS) is 17.8. The number of aromatic nitrogens is 4. The van der Waals surface area contributed by atoms with E-state index >= 15 is 0 Å². The van der Waals surface area contributed by atoms with E-state index in [9.17, 15) is 5.11 Å². The highest BCUT2D eigenvalue weighted by Crippen LogP contribution is 2.34. The zero-order valence-electron chi connectivity index (χ0n) is 16.8. The van der Waals surface area contributed by atoms with E-state index in [1.54, 1.807) is 14.1 Å². The average Bonchev–Trinajstić information content (AvgIpc) is 3.07. The van der Waals surface area contributed by atoms with Gasteiger partial charge in [0.15, 0.2) is 11.6 Å². The molecular formula is C20H26N8O. The Morgan fingerprint density at radius 2 is 1.62 bits per heavy atom. The summed E-state index contributed by atoms with van der Waals surface area (Å²) >= 11 is 0. The van der Waals surface area contributed by atoms with Gasteiger partial charge in [-0.3, -0.25) is 0 Å². The van der Waals surface area contributed by atoms with Crippen LogP contribution in [0.3, 0.4) is 0 Å². The molecule has 2 unspecified atom stereocenters. The van der Waals surface area contributed by atoms with E-state index in [-0.39, 0.29) is 6.04 Å². The number of aliphatic hydroxyl groups excluding tert-OH is 1. The number of nitrogens with zero attached hydrogens (tertiary/aromatic N) is 4. The monoisotopic (exact) mass is 394 g/mol. The van der Waals surface area contributed by atoms with Crippen molar-refractivity contribution in [3.8, 4) is 0 Å². The molecule has 0 fully saturated rings. The van der Waals surface area contributed by atoms with Crippen molar-refractivity contribution < 1.29 is 5.11 Å². The molecule has 0 saturated carbocycles. The second kappa shape index (κ2) is 8.04. The number of fused-ring (bicyclic) bond motifs is 2. The first-order valence-corrected chi connectivity index (χ1v) is 9.86. The summed E-state index contributed by atoms with van der Waals surface area (Å²) in [6, 6.07) is 7.75. The van der Waals surface area contributed by atoms with Crippen LogP contribution >= 0.6 is 0 Å². The van der Waals surface area contributed by atoms with Gasteiger partial charge >= 0.3 is 0 Å². The fourth-order valence-corrected chi connectivity index (χ4v) is 3.59. The van der Waals surface area contributed by atoms with Crippen molar-refractivity contribution in [2.45, 2.75) is 31.9 Å². The summed E-state index contributed by atoms with van der Waals surface area (Å²) in [6.45, 7) is 2.86. The van der Waals surface area contributed by atoms with Crippen LogP contribution in [0.4, 0.5) is 23.5 Å². The topological polar surface area (TPSA) is 120 Å². The molecule has 5 N–H and O–H groups in total. The minimum absolute atomic E-state index is 0.199. The molecule has 1 aliphatic carbocycles. The molecule has 1 aromatic carbocycles. The van der Waals surface area contributed by atoms with Crippen LogP contribution in [0.15, 0.2) is 24.3 Å². The minimum Gasteiger partial charge on any atom is -0.386 e. The van der Waals surface area contributed by atoms with Gasteiger partial charge in [-0.25, -0.2) is 9.97 Å². The molecule has 0 radical (unpaired) electrons. The lowest BCUT2D eigenvalue weighted by Crippen LogP contribution is -2.25. The summed E-state index contributed by atoms with van der Waals surface area (Å²) in [5.74, 6) is 2.16. The van der Waals surface area contributed by atoms with Crippen LogP contribution < -0.4 is 21.3 Å². The second-order valence-electron chi connectivity index (χ2n) is 7.01. The first-order chi connectivity index (χ1) is 14.1. The highest BCUT2D eigenvalue weighted by molar-refractivity contribution is 5.94. The van der Waals surface area contributed by atoms with Gasteiger partial charge < -0.3 is 26.4 Å². The third-order valence-corrected chi connectivity index (χ3v) is 5.05. The van der Waals surface area contributed by atoms with Gasteiger partial charge in [0.1, 0.15) is 11.0 Å². The smallest absolute Gasteiger partial charge is 0.225 e. The lowest BCUT2D eigenvalue weighted by molar-refractivity contribution is 0.167. The zero-order chi connectivity index (χ0) is 20.4. The standard InChI is InChI=1S/C20H26N8O/c1-4-9-23-17-14-15(26-19(21-2)27-17)18(28-20(22-3)25-14)24-13-10-11-7-5-6-8-12(11)16(13)29/h5-8,13,16,29H,4,9-10H2,1-3H3,(H2,21,23,26,27)(H2,22,24,25,28). The number of nitrogens with one attached hydrogen (secondary N) is 4. The molecule has 2 aromatic heterocycles. The predicted octanol–water partition coefficient (Wildman–Crippen LogP) is 2.40. The number of rotatable bonds is 7. The minimum atomic E-state index is -0.613. The number of hydrogen-bond acceptors (Lipinski definition) is 9. The fourth-order valence-electron chi connectivity index (χ4n) is 3.59. The maximum absolute atomic E-state index is 10.8. The van der Waals surface area contributed by atoms with Crippen LogP contribution in [-0.2, 0) is 6.42 Å². The Balaban J connectivity index is 1.77. The molecule has 4 rings (SSSR count). The van der Waals surface area contributed by atoms with Crippen LogP contribution in [0.2, 0.25) is 0 Å². The SMILES string of the molecule is CCCNc1nc(NC)nc2c(NC3Cc4ccccc4C3O)nc(NC)nc12. The van der Waals surface area contributed by atoms with Crippen molar-refractivity contribution in [1.29, 1.82) is 0 Å². The van der Waals surface area contributed by atoms with E-state index in [0.29, 0.717) is 41.0 Å². The summed E-state index contributed by atoms with van der Waals surface area (Å²) in [4.78, 5) is 18.3. The highest BCUT2D eigenvalue weighted by Gasteiger charge is 2.31. The fraction of sp³-hybridized carbons (Fsp3) is 0.400. The molecular weight excluding hydrogens is 368 g/mol. The van der Waals surface area contributed by atoms with E-state index in [4.69, 9.17) is 0 Å². The van der Waals surface area contributed by atoms with Gasteiger partial charge in [0.2, 0.25) is 11.9 Å². The highest BCUT2D eigenvalue weighted by atomic mass is 16.3. The molecule has 0 aliphatic heterocycles. The lowest BCUT2D eigenvalue weighted by Gasteiger charge is -2.20. The molecule has 9 heteroatoms. The van der Waals surface area contributed by atoms with Gasteiger partial charge in [0.25, 0.3) is 0 Å². The van der Waals surface area contributed by atoms with Crippen molar-refractivity contribution in [2.75, 3.05) is 41.9 Å². The molecule has 2 atom stereocenters. The first-order valence-electron chi connectivity index (χ1n) is 9.86. The largest absolute Gasteiger partial charge is 0.386 e. The van der Waals surface area contributed by atoms with E-state index < -0.39 is 6.10 Å². The summed E-state index contributed by atoms with van der Waals surface area (Å²) in [5, 5.41) is 23.5. The Bertz CT molecular complexity index is 1020. The maximum Gasteiger partial charge on any atom is 0.225 e. The van der Waals surface area contributed by atoms with Gasteiger partial charge in [-0.1, -0.05) is 31.2 Å². The maximum atomic E-state index is 10.8. The van der Waals surface area contributed by atoms with Crippen molar-refractivity contribution in [1.82, 2.24) is 19.9 Å². The Kier molecular flexibility index (Phi) is 5.30. The number of hydrogen-bond donors (Lipinski definition) is 5. The van der Waals surface area contributed by atoms with Gasteiger partial charge in [-0.2, -0.15) is 9.97 Å². The zero-order valence-corrected chi connectivity index (χ0v) is 16.8. The van der Waals surface area contributed by atoms with Crippen LogP contribution in [0, 0.1) is 0 Å². The van der Waals surface area contributed by atoms with Crippen molar-refractivity contribution in [3.05, 3.63) is 35.4 Å². The summed E-state index contributed by atoms with van der Waals surface area (Å²) in [6.07, 6.45) is 1.06. The Labute approximate surface area is 169 Å². The van der Waals surface area contributed by atoms with Gasteiger partial charge in [0, 0.05) is 20.6 Å². The summed E-state index contributed by atoms with van der Waals surface area (Å²) in [5.41, 5.74) is 3.32. The van der Waals surface area contributed by atoms with Crippen molar-refractivity contribution >= 4 is 34.6 Å². The molecule has 1 aliphatic rings. The van der Waals surface area contributed by atoms with Crippen molar-refractivity contribution in [3.63, 3.8) is 0 Å². The Morgan fingerprint density at radius 1 is 0.966 bits per heavy atom. The van der Waals surface area contributed by atoms with Crippen LogP contribution in [-0.4, -0.2) is 51.7 Å². The first kappa shape index (κ1) is 19.1. The molecule has 3 aromatic rings. The van der Waals surface area contributed by atoms with Crippen molar-refractivity contribution in [2.24, 2.45) is 0 Å². The van der Waals surface area contributed by atoms with E-state index in [2.05, 4.69) is 48.1 Å². The number of anilines is 4. The molecule has 9 nitrogen and oxygen atoms in total. The van der Waals surface area contributed by atoms with Crippen LogP contribution in [0.5, 0.6) is 0 Å². The molecule has 0 amide bonds.